The van der Waals surface area contributed by atoms with Crippen molar-refractivity contribution in [1.82, 2.24) is 14.3 Å². The number of aromatic nitrogens is 2. The second-order valence-corrected chi connectivity index (χ2v) is 13.6. The van der Waals surface area contributed by atoms with Gasteiger partial charge in [-0.2, -0.15) is 4.72 Å². The van der Waals surface area contributed by atoms with Crippen molar-refractivity contribution in [3.05, 3.63) is 150 Å². The van der Waals surface area contributed by atoms with Crippen LogP contribution in [0.4, 0.5) is 5.69 Å². The number of rotatable bonds is 12. The number of anilines is 1. The van der Waals surface area contributed by atoms with Crippen molar-refractivity contribution in [1.29, 1.82) is 0 Å². The lowest BCUT2D eigenvalue weighted by Gasteiger charge is -2.37. The highest BCUT2D eigenvalue weighted by atomic mass is 32.2. The average Bonchev–Trinajstić information content (AvgIpc) is 3.55. The maximum absolute atomic E-state index is 13.5. The lowest BCUT2D eigenvalue weighted by Crippen LogP contribution is -2.64. The molecule has 10 nitrogen and oxygen atoms in total. The predicted octanol–water partition coefficient (Wildman–Crippen LogP) is 4.56. The molecule has 0 fully saturated rings. The first kappa shape index (κ1) is 32.1. The van der Waals surface area contributed by atoms with Crippen LogP contribution in [0.3, 0.4) is 0 Å². The summed E-state index contributed by atoms with van der Waals surface area (Å²) in [4.78, 5) is 16.9. The average molecular weight is 652 g/mol. The van der Waals surface area contributed by atoms with Gasteiger partial charge in [0.15, 0.2) is 0 Å². The quantitative estimate of drug-likeness (QED) is 0.113. The van der Waals surface area contributed by atoms with Crippen LogP contribution in [0.5, 0.6) is 0 Å². The van der Waals surface area contributed by atoms with Crippen molar-refractivity contribution in [2.24, 2.45) is 11.7 Å². The van der Waals surface area contributed by atoms with Gasteiger partial charge in [0.05, 0.1) is 30.9 Å². The summed E-state index contributed by atoms with van der Waals surface area (Å²) in [5.41, 5.74) is 7.77. The predicted molar refractivity (Wildman–Crippen MR) is 179 cm³/mol. The smallest absolute Gasteiger partial charge is 0.342 e. The van der Waals surface area contributed by atoms with Crippen LogP contribution in [0.2, 0.25) is 0 Å². The SMILES string of the molecule is CC1CNc2c(cccc2S(=O)(=O)N[C@](N)(COCc2cn(C(c3ccccc3)(c3ccccc3)c3ccccc3)cn2)C(=O)O)C1. The number of hydrogen-bond acceptors (Lipinski definition) is 7. The molecule has 0 saturated carbocycles. The zero-order chi connectivity index (χ0) is 33.1. The third-order valence-corrected chi connectivity index (χ3v) is 10.0. The van der Waals surface area contributed by atoms with Crippen LogP contribution < -0.4 is 15.8 Å². The van der Waals surface area contributed by atoms with Crippen LogP contribution in [0.1, 0.15) is 34.9 Å². The molecule has 242 valence electrons. The maximum atomic E-state index is 13.5. The number of fused-ring (bicyclic) bond motifs is 1. The molecule has 2 heterocycles. The number of hydrogen-bond donors (Lipinski definition) is 4. The molecule has 47 heavy (non-hydrogen) atoms. The molecule has 4 aromatic carbocycles. The van der Waals surface area contributed by atoms with Crippen LogP contribution >= 0.6 is 0 Å². The van der Waals surface area contributed by atoms with E-state index >= 15 is 0 Å². The fourth-order valence-corrected chi connectivity index (χ4v) is 7.71. The molecule has 0 saturated heterocycles. The monoisotopic (exact) mass is 651 g/mol. The highest BCUT2D eigenvalue weighted by molar-refractivity contribution is 7.89. The highest BCUT2D eigenvalue weighted by Gasteiger charge is 2.41. The van der Waals surface area contributed by atoms with E-state index in [-0.39, 0.29) is 11.5 Å². The number of nitrogens with two attached hydrogens (primary N) is 1. The first-order valence-electron chi connectivity index (χ1n) is 15.3. The number of para-hydroxylation sites is 1. The van der Waals surface area contributed by atoms with Crippen LogP contribution in [-0.4, -0.2) is 47.9 Å². The van der Waals surface area contributed by atoms with Gasteiger partial charge in [-0.1, -0.05) is 110 Å². The Balaban J connectivity index is 1.27. The number of benzene rings is 4. The van der Waals surface area contributed by atoms with Crippen molar-refractivity contribution in [3.8, 4) is 0 Å². The Kier molecular flexibility index (Phi) is 8.98. The molecule has 1 aromatic heterocycles. The fraction of sp³-hybridized carbons (Fsp3) is 0.222. The summed E-state index contributed by atoms with van der Waals surface area (Å²) in [6.07, 6.45) is 4.26. The molecule has 0 aliphatic carbocycles. The molecule has 1 aliphatic rings. The summed E-state index contributed by atoms with van der Waals surface area (Å²) >= 11 is 0. The van der Waals surface area contributed by atoms with Crippen molar-refractivity contribution in [2.75, 3.05) is 18.5 Å². The summed E-state index contributed by atoms with van der Waals surface area (Å²) in [6, 6.07) is 35.2. The van der Waals surface area contributed by atoms with Crippen molar-refractivity contribution < 1.29 is 23.1 Å². The van der Waals surface area contributed by atoms with Gasteiger partial charge in [-0.3, -0.25) is 0 Å². The molecule has 11 heteroatoms. The molecule has 0 bridgehead atoms. The third-order valence-electron chi connectivity index (χ3n) is 8.47. The summed E-state index contributed by atoms with van der Waals surface area (Å²) in [5, 5.41) is 13.2. The zero-order valence-corrected chi connectivity index (χ0v) is 26.7. The Morgan fingerprint density at radius 2 is 1.53 bits per heavy atom. The van der Waals surface area contributed by atoms with Crippen LogP contribution in [0.15, 0.2) is 127 Å². The van der Waals surface area contributed by atoms with E-state index in [1.54, 1.807) is 12.4 Å². The topological polar surface area (TPSA) is 149 Å². The van der Waals surface area contributed by atoms with Gasteiger partial charge in [-0.05, 0) is 40.7 Å². The van der Waals surface area contributed by atoms with Gasteiger partial charge < -0.3 is 25.5 Å². The Bertz CT molecular complexity index is 1860. The molecular formula is C36H37N5O5S. The Labute approximate surface area is 274 Å². The second kappa shape index (κ2) is 13.1. The minimum absolute atomic E-state index is 0.0595. The summed E-state index contributed by atoms with van der Waals surface area (Å²) in [7, 11) is -4.34. The van der Waals surface area contributed by atoms with Crippen LogP contribution in [0.25, 0.3) is 0 Å². The molecule has 1 unspecified atom stereocenters. The largest absolute Gasteiger partial charge is 0.479 e. The van der Waals surface area contributed by atoms with E-state index in [1.807, 2.05) is 71.4 Å². The Morgan fingerprint density at radius 1 is 0.957 bits per heavy atom. The van der Waals surface area contributed by atoms with E-state index in [2.05, 4.69) is 58.3 Å². The normalized spacial score (nSPS) is 16.1. The molecule has 0 amide bonds. The fourth-order valence-electron chi connectivity index (χ4n) is 6.25. The van der Waals surface area contributed by atoms with Gasteiger partial charge in [0.1, 0.15) is 10.4 Å². The first-order chi connectivity index (χ1) is 22.6. The number of ether oxygens (including phenoxy) is 1. The summed E-state index contributed by atoms with van der Waals surface area (Å²) in [5.74, 6) is -1.25. The van der Waals surface area contributed by atoms with Crippen molar-refractivity contribution in [2.45, 2.75) is 36.0 Å². The lowest BCUT2D eigenvalue weighted by molar-refractivity contribution is -0.146. The van der Waals surface area contributed by atoms with Gasteiger partial charge in [0, 0.05) is 12.7 Å². The van der Waals surface area contributed by atoms with E-state index in [0.29, 0.717) is 30.3 Å². The maximum Gasteiger partial charge on any atom is 0.342 e. The van der Waals surface area contributed by atoms with Gasteiger partial charge >= 0.3 is 5.97 Å². The first-order valence-corrected chi connectivity index (χ1v) is 16.8. The third kappa shape index (κ3) is 6.30. The van der Waals surface area contributed by atoms with E-state index in [0.717, 1.165) is 22.3 Å². The molecule has 1 aliphatic heterocycles. The molecule has 6 rings (SSSR count). The molecule has 0 spiro atoms. The van der Waals surface area contributed by atoms with Gasteiger partial charge in [0.2, 0.25) is 15.7 Å². The molecule has 5 N–H and O–H groups in total. The van der Waals surface area contributed by atoms with Crippen molar-refractivity contribution in [3.63, 3.8) is 0 Å². The molecular weight excluding hydrogens is 614 g/mol. The molecule has 2 atom stereocenters. The molecule has 5 aromatic rings. The Hall–Kier alpha value is -4.81. The van der Waals surface area contributed by atoms with Gasteiger partial charge in [-0.15, -0.1) is 0 Å². The standard InChI is InChI=1S/C36H37N5O5S/c1-26-20-27-12-11-19-32(33(27)38-21-26)47(44,45)40-35(37,34(42)43)24-46-23-31-22-41(25-39-31)36(28-13-5-2-6-14-28,29-15-7-3-8-16-29)30-17-9-4-10-18-30/h2-19,22,25-26,38,40H,20-21,23-24,37H2,1H3,(H,42,43)/t26?,35-/m1/s1. The summed E-state index contributed by atoms with van der Waals surface area (Å²) in [6.45, 7) is 1.91. The van der Waals surface area contributed by atoms with Gasteiger partial charge in [-0.25, -0.2) is 18.2 Å². The number of sulfonamides is 1. The number of nitrogens with one attached hydrogen (secondary N) is 2. The number of nitrogens with zero attached hydrogens (tertiary/aromatic N) is 2. The minimum atomic E-state index is -4.34. The van der Waals surface area contributed by atoms with E-state index in [9.17, 15) is 18.3 Å². The van der Waals surface area contributed by atoms with E-state index in [4.69, 9.17) is 10.5 Å². The number of carboxylic acid groups (broad SMARTS) is 1. The number of carbonyl (C=O) groups is 1. The van der Waals surface area contributed by atoms with Crippen molar-refractivity contribution >= 4 is 21.7 Å². The highest BCUT2D eigenvalue weighted by Crippen LogP contribution is 2.41. The Morgan fingerprint density at radius 3 is 2.09 bits per heavy atom. The minimum Gasteiger partial charge on any atom is -0.479 e. The lowest BCUT2D eigenvalue weighted by atomic mass is 9.77. The van der Waals surface area contributed by atoms with Gasteiger partial charge in [0.25, 0.3) is 0 Å². The second-order valence-electron chi connectivity index (χ2n) is 11.9. The molecule has 0 radical (unpaired) electrons. The summed E-state index contributed by atoms with van der Waals surface area (Å²) < 4.78 is 37.0. The number of imidazole rings is 1. The van der Waals surface area contributed by atoms with Crippen LogP contribution in [0, 0.1) is 5.92 Å². The number of aliphatic carboxylic acids is 1. The van der Waals surface area contributed by atoms with E-state index < -0.39 is 33.8 Å². The van der Waals surface area contributed by atoms with Crippen LogP contribution in [-0.2, 0) is 38.1 Å². The van der Waals surface area contributed by atoms with E-state index in [1.165, 1.54) is 6.07 Å². The zero-order valence-electron chi connectivity index (χ0n) is 25.9. The number of carboxylic acids is 1.